The van der Waals surface area contributed by atoms with Crippen molar-refractivity contribution in [3.05, 3.63) is 53.1 Å². The number of amides is 1. The van der Waals surface area contributed by atoms with Gasteiger partial charge < -0.3 is 4.90 Å². The second-order valence-corrected chi connectivity index (χ2v) is 10.8. The lowest BCUT2D eigenvalue weighted by molar-refractivity contribution is -0.116. The van der Waals surface area contributed by atoms with Crippen molar-refractivity contribution < 1.29 is 13.2 Å². The molecule has 0 atom stereocenters. The number of halogens is 2. The fourth-order valence-electron chi connectivity index (χ4n) is 3.03. The average Bonchev–Trinajstić information content (AvgIpc) is 3.10. The molecular weight excluding hydrogens is 477 g/mol. The maximum Gasteiger partial charge on any atom is 0.244 e. The summed E-state index contributed by atoms with van der Waals surface area (Å²) in [5.41, 5.74) is 1.85. The van der Waals surface area contributed by atoms with Gasteiger partial charge in [0.25, 0.3) is 0 Å². The van der Waals surface area contributed by atoms with Gasteiger partial charge in [-0.2, -0.15) is 0 Å². The number of sulfone groups is 1. The summed E-state index contributed by atoms with van der Waals surface area (Å²) in [7, 11) is 0.121. The van der Waals surface area contributed by atoms with Crippen LogP contribution >= 0.6 is 35.3 Å². The van der Waals surface area contributed by atoms with Gasteiger partial charge in [0.1, 0.15) is 5.75 Å². The lowest BCUT2D eigenvalue weighted by atomic mass is 10.2. The number of aromatic nitrogens is 1. The van der Waals surface area contributed by atoms with Crippen LogP contribution in [0.4, 0.5) is 5.13 Å². The number of rotatable bonds is 8. The molecule has 0 saturated carbocycles. The van der Waals surface area contributed by atoms with E-state index in [-0.39, 0.29) is 17.3 Å². The number of nitrogens with zero attached hydrogens (tertiary/aromatic N) is 3. The van der Waals surface area contributed by atoms with Crippen LogP contribution in [0.25, 0.3) is 10.2 Å². The van der Waals surface area contributed by atoms with Crippen LogP contribution in [0.5, 0.6) is 0 Å². The zero-order valence-corrected chi connectivity index (χ0v) is 20.7. The molecule has 3 rings (SSSR count). The van der Waals surface area contributed by atoms with Crippen LogP contribution in [0.15, 0.2) is 47.4 Å². The van der Waals surface area contributed by atoms with Gasteiger partial charge >= 0.3 is 0 Å². The summed E-state index contributed by atoms with van der Waals surface area (Å²) >= 11 is 7.25. The summed E-state index contributed by atoms with van der Waals surface area (Å²) in [6.45, 7) is 3.14. The third-order valence-electron chi connectivity index (χ3n) is 4.61. The van der Waals surface area contributed by atoms with Gasteiger partial charge in [0.05, 0.1) is 15.1 Å². The Morgan fingerprint density at radius 3 is 2.39 bits per heavy atom. The van der Waals surface area contributed by atoms with E-state index in [1.165, 1.54) is 40.5 Å². The monoisotopic (exact) mass is 501 g/mol. The summed E-state index contributed by atoms with van der Waals surface area (Å²) in [6, 6.07) is 11.7. The first-order valence-electron chi connectivity index (χ1n) is 9.47. The summed E-state index contributed by atoms with van der Waals surface area (Å²) in [6.07, 6.45) is 0.703. The fourth-order valence-corrected chi connectivity index (χ4v) is 5.44. The zero-order chi connectivity index (χ0) is 21.9. The fraction of sp³-hybridized carbons (Fsp3) is 0.333. The van der Waals surface area contributed by atoms with Gasteiger partial charge in [-0.25, -0.2) is 13.4 Å². The molecule has 6 nitrogen and oxygen atoms in total. The standard InChI is InChI=1S/C21H24ClN3O3S2.ClH/c1-15-6-4-7-18-20(15)23-21(29-18)25(13-5-12-24(2)3)19(26)14-30(27,28)17-10-8-16(22)9-11-17;/h4,6-11H,5,12-14H2,1-3H3;1H. The smallest absolute Gasteiger partial charge is 0.244 e. The topological polar surface area (TPSA) is 70.6 Å². The summed E-state index contributed by atoms with van der Waals surface area (Å²) in [4.78, 5) is 21.4. The minimum Gasteiger partial charge on any atom is -0.309 e. The highest BCUT2D eigenvalue weighted by atomic mass is 35.5. The molecular formula is C21H25Cl2N3O3S2. The predicted molar refractivity (Wildman–Crippen MR) is 131 cm³/mol. The van der Waals surface area contributed by atoms with Gasteiger partial charge in [0, 0.05) is 11.6 Å². The zero-order valence-electron chi connectivity index (χ0n) is 17.5. The maximum atomic E-state index is 13.1. The predicted octanol–water partition coefficient (Wildman–Crippen LogP) is 4.44. The van der Waals surface area contributed by atoms with Crippen molar-refractivity contribution in [3.8, 4) is 0 Å². The number of hydrogen-bond donors (Lipinski definition) is 0. The van der Waals surface area contributed by atoms with Crippen molar-refractivity contribution in [1.82, 2.24) is 9.88 Å². The third kappa shape index (κ3) is 6.40. The summed E-state index contributed by atoms with van der Waals surface area (Å²) in [5.74, 6) is -1.11. The first-order chi connectivity index (χ1) is 14.2. The normalized spacial score (nSPS) is 11.5. The Morgan fingerprint density at radius 1 is 1.10 bits per heavy atom. The van der Waals surface area contributed by atoms with E-state index in [9.17, 15) is 13.2 Å². The SMILES string of the molecule is Cc1cccc2sc(N(CCCN(C)C)C(=O)CS(=O)(=O)c3ccc(Cl)cc3)nc12.Cl. The molecule has 2 aromatic carbocycles. The number of carbonyl (C=O) groups excluding carboxylic acids is 1. The number of hydrogen-bond acceptors (Lipinski definition) is 6. The largest absolute Gasteiger partial charge is 0.309 e. The molecule has 0 fully saturated rings. The maximum absolute atomic E-state index is 13.1. The van der Waals surface area contributed by atoms with Crippen molar-refractivity contribution in [2.24, 2.45) is 0 Å². The molecule has 1 heterocycles. The van der Waals surface area contributed by atoms with Crippen LogP contribution in [0, 0.1) is 6.92 Å². The molecule has 0 saturated heterocycles. The second-order valence-electron chi connectivity index (χ2n) is 7.33. The van der Waals surface area contributed by atoms with Gasteiger partial charge in [-0.3, -0.25) is 9.69 Å². The number of fused-ring (bicyclic) bond motifs is 1. The number of para-hydroxylation sites is 1. The molecule has 3 aromatic rings. The number of aryl methyl sites for hydroxylation is 1. The summed E-state index contributed by atoms with van der Waals surface area (Å²) < 4.78 is 26.5. The first kappa shape index (κ1) is 25.5. The van der Waals surface area contributed by atoms with E-state index < -0.39 is 21.5 Å². The van der Waals surface area contributed by atoms with Crippen LogP contribution in [0.1, 0.15) is 12.0 Å². The lowest BCUT2D eigenvalue weighted by Gasteiger charge is -2.21. The summed E-state index contributed by atoms with van der Waals surface area (Å²) in [5, 5.41) is 0.963. The molecule has 1 aromatic heterocycles. The Kier molecular flexibility index (Phi) is 8.85. The van der Waals surface area contributed by atoms with E-state index in [0.717, 1.165) is 22.3 Å². The van der Waals surface area contributed by atoms with Crippen molar-refractivity contribution in [2.45, 2.75) is 18.2 Å². The van der Waals surface area contributed by atoms with Crippen LogP contribution in [-0.2, 0) is 14.6 Å². The number of thiazole rings is 1. The van der Waals surface area contributed by atoms with Gasteiger partial charge in [0.2, 0.25) is 5.91 Å². The molecule has 31 heavy (non-hydrogen) atoms. The number of anilines is 1. The third-order valence-corrected chi connectivity index (χ3v) is 7.53. The van der Waals surface area contributed by atoms with Crippen molar-refractivity contribution in [1.29, 1.82) is 0 Å². The Labute approximate surface area is 198 Å². The quantitative estimate of drug-likeness (QED) is 0.456. The van der Waals surface area contributed by atoms with Gasteiger partial charge in [-0.15, -0.1) is 12.4 Å². The van der Waals surface area contributed by atoms with Crippen LogP contribution in [-0.4, -0.2) is 57.1 Å². The Morgan fingerprint density at radius 2 is 1.77 bits per heavy atom. The molecule has 0 bridgehead atoms. The van der Waals surface area contributed by atoms with E-state index in [2.05, 4.69) is 4.98 Å². The van der Waals surface area contributed by atoms with E-state index in [4.69, 9.17) is 11.6 Å². The highest BCUT2D eigenvalue weighted by molar-refractivity contribution is 7.92. The molecule has 1 amide bonds. The van der Waals surface area contributed by atoms with Crippen LogP contribution < -0.4 is 4.90 Å². The Balaban J connectivity index is 0.00000341. The second kappa shape index (κ2) is 10.7. The Hall–Kier alpha value is -1.71. The molecule has 168 valence electrons. The molecule has 0 aliphatic rings. The van der Waals surface area contributed by atoms with Gasteiger partial charge in [0.15, 0.2) is 15.0 Å². The molecule has 0 spiro atoms. The molecule has 0 radical (unpaired) electrons. The van der Waals surface area contributed by atoms with Gasteiger partial charge in [-0.1, -0.05) is 35.1 Å². The van der Waals surface area contributed by atoms with E-state index in [0.29, 0.717) is 23.1 Å². The van der Waals surface area contributed by atoms with Crippen molar-refractivity contribution in [3.63, 3.8) is 0 Å². The van der Waals surface area contributed by atoms with Crippen LogP contribution in [0.2, 0.25) is 5.02 Å². The minimum absolute atomic E-state index is 0. The van der Waals surface area contributed by atoms with Crippen LogP contribution in [0.3, 0.4) is 0 Å². The minimum atomic E-state index is -3.79. The average molecular weight is 502 g/mol. The van der Waals surface area contributed by atoms with E-state index in [1.54, 1.807) is 0 Å². The van der Waals surface area contributed by atoms with Crippen molar-refractivity contribution >= 4 is 66.4 Å². The highest BCUT2D eigenvalue weighted by Gasteiger charge is 2.26. The van der Waals surface area contributed by atoms with E-state index >= 15 is 0 Å². The first-order valence-corrected chi connectivity index (χ1v) is 12.3. The number of carbonyl (C=O) groups is 1. The lowest BCUT2D eigenvalue weighted by Crippen LogP contribution is -2.37. The number of benzene rings is 2. The molecule has 0 aliphatic heterocycles. The van der Waals surface area contributed by atoms with Crippen molar-refractivity contribution in [2.75, 3.05) is 37.8 Å². The molecule has 10 heteroatoms. The van der Waals surface area contributed by atoms with E-state index in [1.807, 2.05) is 44.1 Å². The van der Waals surface area contributed by atoms with Gasteiger partial charge in [-0.05, 0) is 69.9 Å². The Bertz CT molecular complexity index is 1150. The molecule has 0 N–H and O–H groups in total. The molecule has 0 unspecified atom stereocenters. The molecule has 0 aliphatic carbocycles. The highest BCUT2D eigenvalue weighted by Crippen LogP contribution is 2.31.